The summed E-state index contributed by atoms with van der Waals surface area (Å²) >= 11 is 5.86. The number of carbonyl (C=O) groups is 2. The first-order valence-corrected chi connectivity index (χ1v) is 6.76. The van der Waals surface area contributed by atoms with Gasteiger partial charge in [-0.2, -0.15) is 0 Å². The van der Waals surface area contributed by atoms with Crippen LogP contribution in [0.1, 0.15) is 30.1 Å². The molecule has 0 saturated carbocycles. The number of carbonyl (C=O) groups excluding carboxylic acids is 2. The van der Waals surface area contributed by atoms with E-state index in [1.807, 2.05) is 4.90 Å². The van der Waals surface area contributed by atoms with E-state index < -0.39 is 0 Å². The Hall–Kier alpha value is -1.55. The summed E-state index contributed by atoms with van der Waals surface area (Å²) in [6.07, 6.45) is 1.60. The third-order valence-electron chi connectivity index (χ3n) is 3.36. The topological polar surface area (TPSA) is 49.4 Å². The first-order valence-electron chi connectivity index (χ1n) is 6.38. The molecule has 5 heteroatoms. The molecule has 1 heterocycles. The standard InChI is InChI=1S/C14H17ClN2O2/c1-10(18)17-7-5-13(6-8-17)16-14(19)11-3-2-4-12(15)9-11/h2-4,9,13H,5-8H2,1H3,(H,16,19). The Labute approximate surface area is 117 Å². The largest absolute Gasteiger partial charge is 0.349 e. The predicted molar refractivity (Wildman–Crippen MR) is 74.2 cm³/mol. The fraction of sp³-hybridized carbons (Fsp3) is 0.429. The number of hydrogen-bond donors (Lipinski definition) is 1. The summed E-state index contributed by atoms with van der Waals surface area (Å²) in [5.74, 6) is -0.0107. The zero-order valence-corrected chi connectivity index (χ0v) is 11.6. The fourth-order valence-electron chi connectivity index (χ4n) is 2.24. The van der Waals surface area contributed by atoms with Gasteiger partial charge < -0.3 is 10.2 Å². The molecule has 19 heavy (non-hydrogen) atoms. The Bertz CT molecular complexity index is 482. The van der Waals surface area contributed by atoms with Crippen LogP contribution in [0.2, 0.25) is 5.02 Å². The molecule has 1 fully saturated rings. The first-order chi connectivity index (χ1) is 9.06. The van der Waals surface area contributed by atoms with Gasteiger partial charge in [0, 0.05) is 36.6 Å². The third kappa shape index (κ3) is 3.70. The van der Waals surface area contributed by atoms with Gasteiger partial charge in [0.15, 0.2) is 0 Å². The molecule has 1 aliphatic heterocycles. The molecule has 1 aliphatic rings. The summed E-state index contributed by atoms with van der Waals surface area (Å²) in [6.45, 7) is 2.98. The van der Waals surface area contributed by atoms with Crippen LogP contribution in [0.4, 0.5) is 0 Å². The Balaban J connectivity index is 1.89. The Morgan fingerprint density at radius 1 is 1.32 bits per heavy atom. The monoisotopic (exact) mass is 280 g/mol. The molecule has 0 atom stereocenters. The molecule has 0 bridgehead atoms. The van der Waals surface area contributed by atoms with Crippen molar-refractivity contribution < 1.29 is 9.59 Å². The van der Waals surface area contributed by atoms with Gasteiger partial charge in [-0.05, 0) is 31.0 Å². The zero-order valence-electron chi connectivity index (χ0n) is 10.9. The van der Waals surface area contributed by atoms with Crippen molar-refractivity contribution in [3.8, 4) is 0 Å². The van der Waals surface area contributed by atoms with Crippen LogP contribution in [0, 0.1) is 0 Å². The van der Waals surface area contributed by atoms with Gasteiger partial charge in [0.05, 0.1) is 0 Å². The van der Waals surface area contributed by atoms with E-state index in [0.717, 1.165) is 12.8 Å². The zero-order chi connectivity index (χ0) is 13.8. The van der Waals surface area contributed by atoms with Gasteiger partial charge in [0.2, 0.25) is 5.91 Å². The van der Waals surface area contributed by atoms with Crippen molar-refractivity contribution in [2.75, 3.05) is 13.1 Å². The van der Waals surface area contributed by atoms with Crippen molar-refractivity contribution in [1.82, 2.24) is 10.2 Å². The molecular weight excluding hydrogens is 264 g/mol. The molecule has 102 valence electrons. The van der Waals surface area contributed by atoms with Crippen molar-refractivity contribution in [3.63, 3.8) is 0 Å². The number of likely N-dealkylation sites (tertiary alicyclic amines) is 1. The van der Waals surface area contributed by atoms with Crippen LogP contribution in [-0.2, 0) is 4.79 Å². The summed E-state index contributed by atoms with van der Waals surface area (Å²) in [7, 11) is 0. The molecule has 1 aromatic rings. The highest BCUT2D eigenvalue weighted by molar-refractivity contribution is 6.30. The average Bonchev–Trinajstić information content (AvgIpc) is 2.39. The predicted octanol–water partition coefficient (Wildman–Crippen LogP) is 2.08. The second-order valence-electron chi connectivity index (χ2n) is 4.76. The minimum absolute atomic E-state index is 0.0969. The minimum atomic E-state index is -0.108. The lowest BCUT2D eigenvalue weighted by Gasteiger charge is -2.31. The van der Waals surface area contributed by atoms with Gasteiger partial charge in [-0.15, -0.1) is 0 Å². The van der Waals surface area contributed by atoms with Crippen LogP contribution in [0.25, 0.3) is 0 Å². The highest BCUT2D eigenvalue weighted by atomic mass is 35.5. The number of hydrogen-bond acceptors (Lipinski definition) is 2. The van der Waals surface area contributed by atoms with Crippen LogP contribution in [0.15, 0.2) is 24.3 Å². The Kier molecular flexibility index (Phi) is 4.43. The van der Waals surface area contributed by atoms with Crippen molar-refractivity contribution in [3.05, 3.63) is 34.9 Å². The van der Waals surface area contributed by atoms with Gasteiger partial charge in [-0.3, -0.25) is 9.59 Å². The van der Waals surface area contributed by atoms with Crippen LogP contribution in [0.3, 0.4) is 0 Å². The molecule has 1 saturated heterocycles. The number of amides is 2. The summed E-state index contributed by atoms with van der Waals surface area (Å²) in [5.41, 5.74) is 0.571. The van der Waals surface area contributed by atoms with Gasteiger partial charge >= 0.3 is 0 Å². The van der Waals surface area contributed by atoms with E-state index in [-0.39, 0.29) is 17.9 Å². The molecule has 1 N–H and O–H groups in total. The van der Waals surface area contributed by atoms with Gasteiger partial charge in [-0.25, -0.2) is 0 Å². The maximum absolute atomic E-state index is 12.0. The average molecular weight is 281 g/mol. The molecule has 0 spiro atoms. The van der Waals surface area contributed by atoms with Gasteiger partial charge in [0.25, 0.3) is 5.91 Å². The number of nitrogens with zero attached hydrogens (tertiary/aromatic N) is 1. The lowest BCUT2D eigenvalue weighted by atomic mass is 10.0. The van der Waals surface area contributed by atoms with E-state index in [0.29, 0.717) is 23.7 Å². The molecule has 2 rings (SSSR count). The Morgan fingerprint density at radius 2 is 2.00 bits per heavy atom. The van der Waals surface area contributed by atoms with Crippen LogP contribution in [0.5, 0.6) is 0 Å². The van der Waals surface area contributed by atoms with Crippen molar-refractivity contribution in [1.29, 1.82) is 0 Å². The molecule has 2 amide bonds. The molecular formula is C14H17ClN2O2. The molecule has 0 aromatic heterocycles. The summed E-state index contributed by atoms with van der Waals surface area (Å²) in [4.78, 5) is 25.0. The highest BCUT2D eigenvalue weighted by Gasteiger charge is 2.22. The number of benzene rings is 1. The summed E-state index contributed by atoms with van der Waals surface area (Å²) in [5, 5.41) is 3.54. The van der Waals surface area contributed by atoms with E-state index in [2.05, 4.69) is 5.32 Å². The second kappa shape index (κ2) is 6.06. The molecule has 0 aliphatic carbocycles. The van der Waals surface area contributed by atoms with Crippen molar-refractivity contribution in [2.24, 2.45) is 0 Å². The molecule has 0 radical (unpaired) electrons. The quantitative estimate of drug-likeness (QED) is 0.902. The fourth-order valence-corrected chi connectivity index (χ4v) is 2.43. The Morgan fingerprint density at radius 3 is 2.58 bits per heavy atom. The maximum atomic E-state index is 12.0. The smallest absolute Gasteiger partial charge is 0.251 e. The van der Waals surface area contributed by atoms with E-state index in [1.54, 1.807) is 31.2 Å². The number of nitrogens with one attached hydrogen (secondary N) is 1. The van der Waals surface area contributed by atoms with Crippen molar-refractivity contribution in [2.45, 2.75) is 25.8 Å². The number of rotatable bonds is 2. The lowest BCUT2D eigenvalue weighted by Crippen LogP contribution is -2.45. The van der Waals surface area contributed by atoms with E-state index in [9.17, 15) is 9.59 Å². The van der Waals surface area contributed by atoms with Gasteiger partial charge in [0.1, 0.15) is 0 Å². The maximum Gasteiger partial charge on any atom is 0.251 e. The van der Waals surface area contributed by atoms with Crippen LogP contribution < -0.4 is 5.32 Å². The number of piperidine rings is 1. The summed E-state index contributed by atoms with van der Waals surface area (Å²) in [6, 6.07) is 7.02. The third-order valence-corrected chi connectivity index (χ3v) is 3.60. The van der Waals surface area contributed by atoms with Crippen LogP contribution in [-0.4, -0.2) is 35.8 Å². The first kappa shape index (κ1) is 13.9. The molecule has 1 aromatic carbocycles. The normalized spacial score (nSPS) is 16.2. The van der Waals surface area contributed by atoms with E-state index in [4.69, 9.17) is 11.6 Å². The van der Waals surface area contributed by atoms with Crippen molar-refractivity contribution >= 4 is 23.4 Å². The SMILES string of the molecule is CC(=O)N1CCC(NC(=O)c2cccc(Cl)c2)CC1. The minimum Gasteiger partial charge on any atom is -0.349 e. The lowest BCUT2D eigenvalue weighted by molar-refractivity contribution is -0.129. The van der Waals surface area contributed by atoms with Gasteiger partial charge in [-0.1, -0.05) is 17.7 Å². The van der Waals surface area contributed by atoms with Crippen LogP contribution >= 0.6 is 11.6 Å². The molecule has 4 nitrogen and oxygen atoms in total. The molecule has 0 unspecified atom stereocenters. The highest BCUT2D eigenvalue weighted by Crippen LogP contribution is 2.13. The number of halogens is 1. The van der Waals surface area contributed by atoms with E-state index in [1.165, 1.54) is 0 Å². The second-order valence-corrected chi connectivity index (χ2v) is 5.20. The van der Waals surface area contributed by atoms with E-state index >= 15 is 0 Å². The summed E-state index contributed by atoms with van der Waals surface area (Å²) < 4.78 is 0.